The van der Waals surface area contributed by atoms with E-state index in [2.05, 4.69) is 48.3 Å². The van der Waals surface area contributed by atoms with Crippen LogP contribution in [-0.2, 0) is 17.3 Å². The van der Waals surface area contributed by atoms with Gasteiger partial charge in [0.2, 0.25) is 0 Å². The van der Waals surface area contributed by atoms with Gasteiger partial charge in [-0.2, -0.15) is 0 Å². The van der Waals surface area contributed by atoms with E-state index in [9.17, 15) is 9.00 Å². The highest BCUT2D eigenvalue weighted by Crippen LogP contribution is 2.20. The van der Waals surface area contributed by atoms with Crippen LogP contribution < -0.4 is 5.32 Å². The molecule has 6 heteroatoms. The summed E-state index contributed by atoms with van der Waals surface area (Å²) in [6.07, 6.45) is 1.64. The van der Waals surface area contributed by atoms with E-state index < -0.39 is 10.8 Å². The maximum Gasteiger partial charge on any atom is 0.322 e. The van der Waals surface area contributed by atoms with Gasteiger partial charge in [0.1, 0.15) is 0 Å². The fraction of sp³-hybridized carbons (Fsp3) is 0.381. The van der Waals surface area contributed by atoms with Crippen molar-refractivity contribution in [1.82, 2.24) is 9.80 Å². The minimum Gasteiger partial charge on any atom is -0.319 e. The number of hydrogen-bond donors (Lipinski definition) is 1. The van der Waals surface area contributed by atoms with Gasteiger partial charge in [-0.05, 0) is 43.7 Å². The molecular formula is C21H27N3O2S. The average molecular weight is 386 g/mol. The van der Waals surface area contributed by atoms with Gasteiger partial charge < -0.3 is 10.2 Å². The lowest BCUT2D eigenvalue weighted by molar-refractivity contribution is 0.0627. The minimum atomic E-state index is -1.01. The Kier molecular flexibility index (Phi) is 6.29. The lowest BCUT2D eigenvalue weighted by Gasteiger charge is -2.44. The van der Waals surface area contributed by atoms with Crippen LogP contribution in [0.2, 0.25) is 0 Å². The van der Waals surface area contributed by atoms with Gasteiger partial charge in [-0.25, -0.2) is 4.79 Å². The van der Waals surface area contributed by atoms with E-state index in [0.717, 1.165) is 23.7 Å². The van der Waals surface area contributed by atoms with E-state index in [-0.39, 0.29) is 18.1 Å². The molecule has 2 aromatic carbocycles. The third-order valence-corrected chi connectivity index (χ3v) is 5.98. The quantitative estimate of drug-likeness (QED) is 0.876. The predicted octanol–water partition coefficient (Wildman–Crippen LogP) is 3.55. The molecule has 2 amide bonds. The summed E-state index contributed by atoms with van der Waals surface area (Å²) in [7, 11) is -1.01. The maximum absolute atomic E-state index is 12.7. The smallest absolute Gasteiger partial charge is 0.319 e. The van der Waals surface area contributed by atoms with Crippen molar-refractivity contribution in [3.8, 4) is 0 Å². The van der Waals surface area contributed by atoms with Crippen LogP contribution in [-0.4, -0.2) is 51.5 Å². The highest BCUT2D eigenvalue weighted by atomic mass is 32.2. The summed E-state index contributed by atoms with van der Waals surface area (Å²) in [5.41, 5.74) is 2.02. The molecule has 5 nitrogen and oxygen atoms in total. The largest absolute Gasteiger partial charge is 0.322 e. The molecule has 1 heterocycles. The van der Waals surface area contributed by atoms with Crippen LogP contribution in [0.5, 0.6) is 0 Å². The van der Waals surface area contributed by atoms with Crippen LogP contribution in [0, 0.1) is 0 Å². The van der Waals surface area contributed by atoms with Crippen molar-refractivity contribution in [3.63, 3.8) is 0 Å². The van der Waals surface area contributed by atoms with E-state index in [4.69, 9.17) is 0 Å². The van der Waals surface area contributed by atoms with Crippen molar-refractivity contribution in [2.75, 3.05) is 24.7 Å². The molecule has 1 saturated heterocycles. The van der Waals surface area contributed by atoms with Crippen molar-refractivity contribution in [2.45, 2.75) is 37.4 Å². The second-order valence-corrected chi connectivity index (χ2v) is 8.55. The molecular weight excluding hydrogens is 358 g/mol. The molecule has 2 aromatic rings. The van der Waals surface area contributed by atoms with Crippen molar-refractivity contribution >= 4 is 22.5 Å². The Morgan fingerprint density at radius 1 is 1.04 bits per heavy atom. The molecule has 0 aliphatic carbocycles. The zero-order valence-corrected chi connectivity index (χ0v) is 16.9. The van der Waals surface area contributed by atoms with Crippen molar-refractivity contribution < 1.29 is 9.00 Å². The van der Waals surface area contributed by atoms with Gasteiger partial charge in [-0.1, -0.05) is 30.3 Å². The van der Waals surface area contributed by atoms with Crippen LogP contribution in [0.25, 0.3) is 0 Å². The van der Waals surface area contributed by atoms with E-state index in [1.165, 1.54) is 5.56 Å². The number of hydrogen-bond acceptors (Lipinski definition) is 3. The fourth-order valence-electron chi connectivity index (χ4n) is 3.44. The van der Waals surface area contributed by atoms with Gasteiger partial charge in [-0.3, -0.25) is 9.11 Å². The van der Waals surface area contributed by atoms with Gasteiger partial charge in [0.05, 0.1) is 0 Å². The topological polar surface area (TPSA) is 52.7 Å². The minimum absolute atomic E-state index is 0.0842. The number of nitrogens with zero attached hydrogens (tertiary/aromatic N) is 2. The van der Waals surface area contributed by atoms with Crippen LogP contribution >= 0.6 is 0 Å². The van der Waals surface area contributed by atoms with Crippen molar-refractivity contribution in [1.29, 1.82) is 0 Å². The third-order valence-electron chi connectivity index (χ3n) is 5.04. The zero-order valence-electron chi connectivity index (χ0n) is 16.1. The lowest BCUT2D eigenvalue weighted by Crippen LogP contribution is -2.58. The molecule has 1 fully saturated rings. The number of carbonyl (C=O) groups is 1. The Hall–Kier alpha value is -2.18. The second kappa shape index (κ2) is 8.67. The fourth-order valence-corrected chi connectivity index (χ4v) is 3.96. The van der Waals surface area contributed by atoms with Crippen molar-refractivity contribution in [3.05, 3.63) is 60.2 Å². The molecule has 0 bridgehead atoms. The Morgan fingerprint density at radius 3 is 2.33 bits per heavy atom. The Balaban J connectivity index is 1.60. The third kappa shape index (κ3) is 4.96. The molecule has 3 unspecified atom stereocenters. The second-order valence-electron chi connectivity index (χ2n) is 7.17. The molecule has 0 aromatic heterocycles. The first kappa shape index (κ1) is 19.6. The van der Waals surface area contributed by atoms with E-state index >= 15 is 0 Å². The predicted molar refractivity (Wildman–Crippen MR) is 110 cm³/mol. The molecule has 0 radical (unpaired) electrons. The number of piperazine rings is 1. The van der Waals surface area contributed by atoms with Crippen LogP contribution in [0.15, 0.2) is 59.5 Å². The van der Waals surface area contributed by atoms with E-state index in [1.807, 2.05) is 11.0 Å². The Morgan fingerprint density at radius 2 is 1.70 bits per heavy atom. The molecule has 1 aliphatic heterocycles. The standard InChI is InChI=1S/C21H27N3O2S/c1-16-14-24(17(2)13-23(16)15-18-7-5-4-6-8-18)21(25)22-19-9-11-20(12-10-19)27(3)26/h4-12,16-17H,13-15H2,1-3H3,(H,22,25). The molecule has 27 heavy (non-hydrogen) atoms. The highest BCUT2D eigenvalue weighted by Gasteiger charge is 2.31. The number of rotatable bonds is 4. The van der Waals surface area contributed by atoms with Gasteiger partial charge in [0.25, 0.3) is 0 Å². The lowest BCUT2D eigenvalue weighted by atomic mass is 10.1. The first-order valence-corrected chi connectivity index (χ1v) is 10.8. The van der Waals surface area contributed by atoms with Crippen molar-refractivity contribution in [2.24, 2.45) is 0 Å². The first-order valence-electron chi connectivity index (χ1n) is 9.23. The van der Waals surface area contributed by atoms with Crippen LogP contribution in [0.4, 0.5) is 10.5 Å². The van der Waals surface area contributed by atoms with E-state index in [0.29, 0.717) is 6.54 Å². The maximum atomic E-state index is 12.7. The Labute approximate surface area is 163 Å². The zero-order chi connectivity index (χ0) is 19.4. The SMILES string of the molecule is CC1CN(C(=O)Nc2ccc(S(C)=O)cc2)C(C)CN1Cc1ccccc1. The number of benzene rings is 2. The van der Waals surface area contributed by atoms with E-state index in [1.54, 1.807) is 30.5 Å². The van der Waals surface area contributed by atoms with Gasteiger partial charge in [0.15, 0.2) is 0 Å². The number of anilines is 1. The molecule has 0 saturated carbocycles. The van der Waals surface area contributed by atoms with Gasteiger partial charge in [-0.15, -0.1) is 0 Å². The average Bonchev–Trinajstić information content (AvgIpc) is 2.65. The Bertz CT molecular complexity index is 795. The molecule has 1 aliphatic rings. The number of amides is 2. The summed E-state index contributed by atoms with van der Waals surface area (Å²) in [6, 6.07) is 17.9. The normalized spacial score (nSPS) is 21.7. The monoisotopic (exact) mass is 385 g/mol. The van der Waals surface area contributed by atoms with Crippen LogP contribution in [0.3, 0.4) is 0 Å². The van der Waals surface area contributed by atoms with Gasteiger partial charge in [0, 0.05) is 59.4 Å². The number of urea groups is 1. The summed E-state index contributed by atoms with van der Waals surface area (Å²) >= 11 is 0. The summed E-state index contributed by atoms with van der Waals surface area (Å²) in [5.74, 6) is 0. The van der Waals surface area contributed by atoms with Gasteiger partial charge >= 0.3 is 6.03 Å². The summed E-state index contributed by atoms with van der Waals surface area (Å²) in [6.45, 7) is 6.69. The summed E-state index contributed by atoms with van der Waals surface area (Å²) < 4.78 is 11.5. The summed E-state index contributed by atoms with van der Waals surface area (Å²) in [5, 5.41) is 2.96. The number of nitrogens with one attached hydrogen (secondary N) is 1. The summed E-state index contributed by atoms with van der Waals surface area (Å²) in [4.78, 5) is 17.8. The molecule has 0 spiro atoms. The molecule has 144 valence electrons. The molecule has 1 N–H and O–H groups in total. The number of carbonyl (C=O) groups excluding carboxylic acids is 1. The van der Waals surface area contributed by atoms with Crippen LogP contribution in [0.1, 0.15) is 19.4 Å². The molecule has 3 rings (SSSR count). The first-order chi connectivity index (χ1) is 12.9. The molecule has 3 atom stereocenters. The highest BCUT2D eigenvalue weighted by molar-refractivity contribution is 7.84.